The van der Waals surface area contributed by atoms with Gasteiger partial charge >= 0.3 is 5.97 Å². The molecular formula is C12H21F2NO4. The van der Waals surface area contributed by atoms with E-state index in [-0.39, 0.29) is 31.3 Å². The molecule has 0 spiro atoms. The van der Waals surface area contributed by atoms with Crippen LogP contribution in [0, 0.1) is 5.92 Å². The maximum atomic E-state index is 11.7. The molecule has 0 aromatic rings. The molecule has 1 unspecified atom stereocenters. The number of carboxylic acids is 1. The molecule has 1 amide bonds. The summed E-state index contributed by atoms with van der Waals surface area (Å²) >= 11 is 0. The lowest BCUT2D eigenvalue weighted by Gasteiger charge is -2.10. The van der Waals surface area contributed by atoms with Crippen LogP contribution in [0.25, 0.3) is 0 Å². The van der Waals surface area contributed by atoms with E-state index in [0.717, 1.165) is 0 Å². The summed E-state index contributed by atoms with van der Waals surface area (Å²) in [7, 11) is 0. The van der Waals surface area contributed by atoms with E-state index in [4.69, 9.17) is 5.11 Å². The molecule has 0 aliphatic heterocycles. The minimum Gasteiger partial charge on any atom is -0.481 e. The minimum atomic E-state index is -2.52. The number of amides is 1. The standard InChI is InChI=1S/C12H21F2NO4/c1-9(2-3-12(17)18)4-6-15-11(16)5-7-19-8-10(13)14/h9-10H,2-8H2,1H3,(H,15,16)(H,17,18). The van der Waals surface area contributed by atoms with Gasteiger partial charge in [-0.05, 0) is 18.8 Å². The number of carbonyl (C=O) groups excluding carboxylic acids is 1. The van der Waals surface area contributed by atoms with Crippen LogP contribution in [0.15, 0.2) is 0 Å². The van der Waals surface area contributed by atoms with E-state index in [0.29, 0.717) is 19.4 Å². The normalized spacial score (nSPS) is 12.4. The van der Waals surface area contributed by atoms with Crippen LogP contribution in [0.1, 0.15) is 32.6 Å². The summed E-state index contributed by atoms with van der Waals surface area (Å²) in [5.41, 5.74) is 0. The molecule has 0 bridgehead atoms. The highest BCUT2D eigenvalue weighted by Gasteiger charge is 2.07. The first-order chi connectivity index (χ1) is 8.91. The molecule has 0 rings (SSSR count). The van der Waals surface area contributed by atoms with Gasteiger partial charge in [-0.1, -0.05) is 6.92 Å². The van der Waals surface area contributed by atoms with Crippen LogP contribution in [0.3, 0.4) is 0 Å². The van der Waals surface area contributed by atoms with Crippen molar-refractivity contribution in [3.8, 4) is 0 Å². The van der Waals surface area contributed by atoms with Gasteiger partial charge in [-0.25, -0.2) is 8.78 Å². The van der Waals surface area contributed by atoms with Gasteiger partial charge in [-0.3, -0.25) is 9.59 Å². The first kappa shape index (κ1) is 17.8. The Hall–Kier alpha value is -1.24. The molecule has 0 aliphatic carbocycles. The predicted molar refractivity (Wildman–Crippen MR) is 65.1 cm³/mol. The van der Waals surface area contributed by atoms with E-state index in [1.807, 2.05) is 6.92 Å². The molecular weight excluding hydrogens is 260 g/mol. The second kappa shape index (κ2) is 10.7. The molecule has 1 atom stereocenters. The lowest BCUT2D eigenvalue weighted by atomic mass is 10.0. The summed E-state index contributed by atoms with van der Waals surface area (Å²) in [5, 5.41) is 11.1. The SMILES string of the molecule is CC(CCNC(=O)CCOCC(F)F)CCC(=O)O. The molecule has 0 aromatic heterocycles. The fraction of sp³-hybridized carbons (Fsp3) is 0.833. The number of rotatable bonds is 11. The van der Waals surface area contributed by atoms with E-state index in [9.17, 15) is 18.4 Å². The molecule has 0 heterocycles. The molecule has 0 saturated carbocycles. The lowest BCUT2D eigenvalue weighted by Crippen LogP contribution is -2.26. The Bertz CT molecular complexity index is 274. The average molecular weight is 281 g/mol. The van der Waals surface area contributed by atoms with Crippen LogP contribution in [0.2, 0.25) is 0 Å². The van der Waals surface area contributed by atoms with Gasteiger partial charge in [0.2, 0.25) is 5.91 Å². The van der Waals surface area contributed by atoms with Crippen molar-refractivity contribution < 1.29 is 28.2 Å². The zero-order valence-electron chi connectivity index (χ0n) is 11.0. The maximum absolute atomic E-state index is 11.7. The van der Waals surface area contributed by atoms with Crippen LogP contribution >= 0.6 is 0 Å². The molecule has 0 saturated heterocycles. The van der Waals surface area contributed by atoms with Gasteiger partial charge < -0.3 is 15.2 Å². The van der Waals surface area contributed by atoms with Crippen molar-refractivity contribution in [2.45, 2.75) is 39.0 Å². The van der Waals surface area contributed by atoms with Crippen molar-refractivity contribution in [3.05, 3.63) is 0 Å². The van der Waals surface area contributed by atoms with E-state index >= 15 is 0 Å². The number of alkyl halides is 2. The number of carboxylic acid groups (broad SMARTS) is 1. The van der Waals surface area contributed by atoms with Crippen LogP contribution in [-0.4, -0.2) is 43.2 Å². The van der Waals surface area contributed by atoms with Crippen molar-refractivity contribution in [1.29, 1.82) is 0 Å². The Labute approximate surface area is 111 Å². The van der Waals surface area contributed by atoms with Gasteiger partial charge in [0.05, 0.1) is 6.61 Å². The summed E-state index contributed by atoms with van der Waals surface area (Å²) in [6, 6.07) is 0. The van der Waals surface area contributed by atoms with Crippen LogP contribution in [-0.2, 0) is 14.3 Å². The van der Waals surface area contributed by atoms with Gasteiger partial charge in [0.15, 0.2) is 0 Å². The summed E-state index contributed by atoms with van der Waals surface area (Å²) in [6.07, 6.45) is -1.08. The fourth-order valence-electron chi connectivity index (χ4n) is 1.40. The molecule has 7 heteroatoms. The van der Waals surface area contributed by atoms with E-state index in [1.54, 1.807) is 0 Å². The highest BCUT2D eigenvalue weighted by atomic mass is 19.3. The minimum absolute atomic E-state index is 0.0231. The Morgan fingerprint density at radius 3 is 2.53 bits per heavy atom. The summed E-state index contributed by atoms with van der Waals surface area (Å²) in [4.78, 5) is 21.6. The largest absolute Gasteiger partial charge is 0.481 e. The van der Waals surface area contributed by atoms with E-state index < -0.39 is 19.0 Å². The summed E-state index contributed by atoms with van der Waals surface area (Å²) in [6.45, 7) is 1.69. The second-order valence-corrected chi connectivity index (χ2v) is 4.39. The molecule has 0 aromatic carbocycles. The maximum Gasteiger partial charge on any atom is 0.303 e. The Morgan fingerprint density at radius 2 is 1.95 bits per heavy atom. The highest BCUT2D eigenvalue weighted by molar-refractivity contribution is 5.75. The smallest absolute Gasteiger partial charge is 0.303 e. The zero-order valence-corrected chi connectivity index (χ0v) is 11.0. The van der Waals surface area contributed by atoms with Crippen LogP contribution in [0.4, 0.5) is 8.78 Å². The molecule has 19 heavy (non-hydrogen) atoms. The molecule has 112 valence electrons. The third-order valence-electron chi connectivity index (χ3n) is 2.53. The fourth-order valence-corrected chi connectivity index (χ4v) is 1.40. The number of hydrogen-bond acceptors (Lipinski definition) is 3. The predicted octanol–water partition coefficient (Wildman–Crippen LogP) is 1.67. The Morgan fingerprint density at radius 1 is 1.26 bits per heavy atom. The number of aliphatic carboxylic acids is 1. The zero-order chi connectivity index (χ0) is 14.7. The molecule has 2 N–H and O–H groups in total. The third kappa shape index (κ3) is 13.0. The van der Waals surface area contributed by atoms with Crippen molar-refractivity contribution in [2.24, 2.45) is 5.92 Å². The average Bonchev–Trinajstić information content (AvgIpc) is 2.32. The van der Waals surface area contributed by atoms with Gasteiger partial charge in [-0.15, -0.1) is 0 Å². The van der Waals surface area contributed by atoms with Crippen molar-refractivity contribution in [1.82, 2.24) is 5.32 Å². The van der Waals surface area contributed by atoms with Crippen LogP contribution in [0.5, 0.6) is 0 Å². The van der Waals surface area contributed by atoms with Crippen LogP contribution < -0.4 is 5.32 Å². The number of ether oxygens (including phenoxy) is 1. The third-order valence-corrected chi connectivity index (χ3v) is 2.53. The lowest BCUT2D eigenvalue weighted by molar-refractivity contribution is -0.137. The van der Waals surface area contributed by atoms with E-state index in [2.05, 4.69) is 10.1 Å². The van der Waals surface area contributed by atoms with Crippen molar-refractivity contribution in [3.63, 3.8) is 0 Å². The monoisotopic (exact) mass is 281 g/mol. The topological polar surface area (TPSA) is 75.6 Å². The Kier molecular flexibility index (Phi) is 9.97. The van der Waals surface area contributed by atoms with Gasteiger partial charge in [-0.2, -0.15) is 0 Å². The first-order valence-corrected chi connectivity index (χ1v) is 6.26. The number of hydrogen-bond donors (Lipinski definition) is 2. The Balaban J connectivity index is 3.44. The molecule has 0 radical (unpaired) electrons. The first-order valence-electron chi connectivity index (χ1n) is 6.26. The van der Waals surface area contributed by atoms with Gasteiger partial charge in [0, 0.05) is 19.4 Å². The summed E-state index contributed by atoms with van der Waals surface area (Å²) < 4.78 is 28.0. The molecule has 0 aliphatic rings. The highest BCUT2D eigenvalue weighted by Crippen LogP contribution is 2.09. The van der Waals surface area contributed by atoms with Crippen molar-refractivity contribution >= 4 is 11.9 Å². The second-order valence-electron chi connectivity index (χ2n) is 4.39. The quantitative estimate of drug-likeness (QED) is 0.565. The number of halogens is 2. The number of carbonyl (C=O) groups is 2. The molecule has 0 fully saturated rings. The summed E-state index contributed by atoms with van der Waals surface area (Å²) in [5.74, 6) is -0.863. The van der Waals surface area contributed by atoms with E-state index in [1.165, 1.54) is 0 Å². The number of nitrogens with one attached hydrogen (secondary N) is 1. The molecule has 5 nitrogen and oxygen atoms in total. The van der Waals surface area contributed by atoms with Gasteiger partial charge in [0.1, 0.15) is 6.61 Å². The van der Waals surface area contributed by atoms with Gasteiger partial charge in [0.25, 0.3) is 6.43 Å². The van der Waals surface area contributed by atoms with Crippen molar-refractivity contribution in [2.75, 3.05) is 19.8 Å².